The van der Waals surface area contributed by atoms with Crippen molar-refractivity contribution >= 4 is 17.5 Å². The molecule has 1 saturated heterocycles. The average Bonchev–Trinajstić information content (AvgIpc) is 3.09. The quantitative estimate of drug-likeness (QED) is 0.583. The second kappa shape index (κ2) is 8.90. The number of aliphatic hydroxyl groups is 2. The number of allylic oxidation sites excluding steroid dienone is 2. The van der Waals surface area contributed by atoms with Crippen LogP contribution >= 0.6 is 0 Å². The van der Waals surface area contributed by atoms with E-state index in [2.05, 4.69) is 5.32 Å². The zero-order valence-corrected chi connectivity index (χ0v) is 20.3. The first-order valence-electron chi connectivity index (χ1n) is 12.2. The number of Topliss-reactive ketones (excluding diaryl/α,β-unsaturated/α-hetero) is 2. The van der Waals surface area contributed by atoms with Crippen LogP contribution in [0.15, 0.2) is 54.6 Å². The molecule has 0 unspecified atom stereocenters. The minimum Gasteiger partial charge on any atom is -0.388 e. The topological polar surface area (TPSA) is 104 Å². The zero-order chi connectivity index (χ0) is 24.8. The molecule has 1 spiro atoms. The van der Waals surface area contributed by atoms with E-state index in [-0.39, 0.29) is 41.3 Å². The standard InChI is InChI=1S/C28H35NO5/c1-16-9-8-12-20-24(31)18(3)17(2)23-21(15-19-10-6-5-7-11-19)29-26(33)28(20,23)22(30)13-14-27(4,34)25(16)32/h5-8,10-14,16-18,20-23,30,34H,9,15H2,1-4H3,(H,29,33)/b12-8+,14-13+/t16-,17+,18+,20-,21-,22+,23-,27+,28-/m0/s1. The third-order valence-electron chi connectivity index (χ3n) is 8.48. The largest absolute Gasteiger partial charge is 0.388 e. The summed E-state index contributed by atoms with van der Waals surface area (Å²) in [6, 6.07) is 9.61. The Balaban J connectivity index is 1.87. The van der Waals surface area contributed by atoms with Gasteiger partial charge in [0.1, 0.15) is 11.4 Å². The molecule has 6 nitrogen and oxygen atoms in total. The van der Waals surface area contributed by atoms with Crippen LogP contribution in [-0.2, 0) is 20.8 Å². The smallest absolute Gasteiger partial charge is 0.230 e. The van der Waals surface area contributed by atoms with Crippen molar-refractivity contribution < 1.29 is 24.6 Å². The Bertz CT molecular complexity index is 1030. The lowest BCUT2D eigenvalue weighted by molar-refractivity contribution is -0.158. The van der Waals surface area contributed by atoms with Crippen LogP contribution in [0.1, 0.15) is 39.7 Å². The molecule has 6 heteroatoms. The van der Waals surface area contributed by atoms with Crippen LogP contribution < -0.4 is 5.32 Å². The van der Waals surface area contributed by atoms with Crippen LogP contribution in [-0.4, -0.2) is 45.4 Å². The van der Waals surface area contributed by atoms with Gasteiger partial charge in [0.15, 0.2) is 5.78 Å². The normalized spacial score (nSPS) is 44.4. The van der Waals surface area contributed by atoms with Crippen LogP contribution in [0.4, 0.5) is 0 Å². The molecule has 0 bridgehead atoms. The summed E-state index contributed by atoms with van der Waals surface area (Å²) in [6.07, 6.45) is 5.70. The molecule has 3 N–H and O–H groups in total. The highest BCUT2D eigenvalue weighted by Crippen LogP contribution is 2.57. The first-order valence-corrected chi connectivity index (χ1v) is 12.2. The van der Waals surface area contributed by atoms with Gasteiger partial charge in [-0.1, -0.05) is 69.3 Å². The van der Waals surface area contributed by atoms with Gasteiger partial charge in [-0.2, -0.15) is 0 Å². The van der Waals surface area contributed by atoms with Gasteiger partial charge in [0.2, 0.25) is 5.91 Å². The fourth-order valence-corrected chi connectivity index (χ4v) is 6.47. The Morgan fingerprint density at radius 1 is 1.06 bits per heavy atom. The lowest BCUT2D eigenvalue weighted by Crippen LogP contribution is -2.60. The average molecular weight is 466 g/mol. The zero-order valence-electron chi connectivity index (χ0n) is 20.3. The molecule has 1 amide bonds. The van der Waals surface area contributed by atoms with Crippen LogP contribution in [0.3, 0.4) is 0 Å². The minimum atomic E-state index is -1.78. The Hall–Kier alpha value is -2.57. The summed E-state index contributed by atoms with van der Waals surface area (Å²) < 4.78 is 0. The minimum absolute atomic E-state index is 0.0760. The number of hydrogen-bond acceptors (Lipinski definition) is 5. The van der Waals surface area contributed by atoms with Crippen molar-refractivity contribution in [1.82, 2.24) is 5.32 Å². The molecule has 1 aromatic rings. The monoisotopic (exact) mass is 465 g/mol. The van der Waals surface area contributed by atoms with Gasteiger partial charge < -0.3 is 15.5 Å². The maximum Gasteiger partial charge on any atom is 0.230 e. The number of ketones is 2. The number of amides is 1. The van der Waals surface area contributed by atoms with Crippen molar-refractivity contribution in [2.45, 2.75) is 58.3 Å². The summed E-state index contributed by atoms with van der Waals surface area (Å²) in [5.41, 5.74) is -2.13. The van der Waals surface area contributed by atoms with E-state index in [1.165, 1.54) is 19.1 Å². The summed E-state index contributed by atoms with van der Waals surface area (Å²) in [6.45, 7) is 7.01. The molecule has 182 valence electrons. The van der Waals surface area contributed by atoms with Gasteiger partial charge in [-0.15, -0.1) is 0 Å². The fourth-order valence-electron chi connectivity index (χ4n) is 6.47. The van der Waals surface area contributed by atoms with E-state index >= 15 is 0 Å². The predicted octanol–water partition coefficient (Wildman–Crippen LogP) is 2.63. The second-order valence-corrected chi connectivity index (χ2v) is 10.6. The van der Waals surface area contributed by atoms with Crippen LogP contribution in [0, 0.1) is 35.0 Å². The van der Waals surface area contributed by atoms with E-state index in [4.69, 9.17) is 0 Å². The van der Waals surface area contributed by atoms with Gasteiger partial charge >= 0.3 is 0 Å². The Morgan fingerprint density at radius 3 is 2.41 bits per heavy atom. The Labute approximate surface area is 201 Å². The molecular formula is C28H35NO5. The van der Waals surface area contributed by atoms with Gasteiger partial charge in [-0.3, -0.25) is 14.4 Å². The summed E-state index contributed by atoms with van der Waals surface area (Å²) >= 11 is 0. The molecule has 9 atom stereocenters. The highest BCUT2D eigenvalue weighted by Gasteiger charge is 2.68. The summed E-state index contributed by atoms with van der Waals surface area (Å²) in [7, 11) is 0. The highest BCUT2D eigenvalue weighted by atomic mass is 16.3. The summed E-state index contributed by atoms with van der Waals surface area (Å²) in [5.74, 6) is -2.86. The van der Waals surface area contributed by atoms with Crippen molar-refractivity contribution in [2.24, 2.45) is 35.0 Å². The first kappa shape index (κ1) is 24.6. The number of carbonyl (C=O) groups is 3. The molecule has 3 aliphatic rings. The molecule has 0 radical (unpaired) electrons. The lowest BCUT2D eigenvalue weighted by atomic mass is 9.50. The number of hydrogen-bond donors (Lipinski definition) is 3. The lowest BCUT2D eigenvalue weighted by Gasteiger charge is -2.50. The molecule has 2 aliphatic carbocycles. The van der Waals surface area contributed by atoms with Gasteiger partial charge in [0, 0.05) is 23.8 Å². The molecule has 34 heavy (non-hydrogen) atoms. The highest BCUT2D eigenvalue weighted by molar-refractivity contribution is 5.98. The van der Waals surface area contributed by atoms with Gasteiger partial charge in [0.25, 0.3) is 0 Å². The third-order valence-corrected chi connectivity index (χ3v) is 8.48. The first-order chi connectivity index (χ1) is 16.0. The van der Waals surface area contributed by atoms with Gasteiger partial charge in [-0.05, 0) is 37.3 Å². The maximum absolute atomic E-state index is 13.8. The van der Waals surface area contributed by atoms with Gasteiger partial charge in [-0.25, -0.2) is 0 Å². The molecule has 1 aromatic carbocycles. The maximum atomic E-state index is 13.8. The number of nitrogens with one attached hydrogen (secondary N) is 1. The summed E-state index contributed by atoms with van der Waals surface area (Å²) in [5, 5.41) is 25.5. The van der Waals surface area contributed by atoms with Crippen molar-refractivity contribution in [3.05, 3.63) is 60.2 Å². The van der Waals surface area contributed by atoms with E-state index in [1.807, 2.05) is 44.2 Å². The number of aliphatic hydroxyl groups excluding tert-OH is 1. The van der Waals surface area contributed by atoms with Crippen molar-refractivity contribution in [2.75, 3.05) is 0 Å². The third kappa shape index (κ3) is 3.77. The Morgan fingerprint density at radius 2 is 1.74 bits per heavy atom. The van der Waals surface area contributed by atoms with E-state index in [1.54, 1.807) is 19.1 Å². The van der Waals surface area contributed by atoms with E-state index < -0.39 is 29.0 Å². The second-order valence-electron chi connectivity index (χ2n) is 10.6. The van der Waals surface area contributed by atoms with E-state index in [9.17, 15) is 24.6 Å². The number of benzene rings is 1. The molecule has 2 fully saturated rings. The SMILES string of the molecule is C[C@H]1[C@H]2[C@H](Cc3ccccc3)NC(=O)[C@@]23[C@H](O)/C=C/[C@@](C)(O)C(=O)[C@@H](C)C/C=C/[C@H]3C(=O)[C@@H]1C. The van der Waals surface area contributed by atoms with Crippen LogP contribution in [0.5, 0.6) is 0 Å². The fraction of sp³-hybridized carbons (Fsp3) is 0.536. The summed E-state index contributed by atoms with van der Waals surface area (Å²) in [4.78, 5) is 40.2. The molecule has 1 aliphatic heterocycles. The number of carbonyl (C=O) groups excluding carboxylic acids is 3. The van der Waals surface area contributed by atoms with E-state index in [0.29, 0.717) is 12.8 Å². The van der Waals surface area contributed by atoms with Crippen LogP contribution in [0.2, 0.25) is 0 Å². The van der Waals surface area contributed by atoms with Crippen LogP contribution in [0.25, 0.3) is 0 Å². The van der Waals surface area contributed by atoms with Crippen molar-refractivity contribution in [3.63, 3.8) is 0 Å². The molecule has 4 rings (SSSR count). The molecule has 1 saturated carbocycles. The predicted molar refractivity (Wildman–Crippen MR) is 129 cm³/mol. The molecule has 1 heterocycles. The number of rotatable bonds is 2. The Kier molecular flexibility index (Phi) is 6.42. The molecular weight excluding hydrogens is 430 g/mol. The van der Waals surface area contributed by atoms with E-state index in [0.717, 1.165) is 5.56 Å². The van der Waals surface area contributed by atoms with Crippen molar-refractivity contribution in [1.29, 1.82) is 0 Å². The van der Waals surface area contributed by atoms with Gasteiger partial charge in [0.05, 0.1) is 17.4 Å². The van der Waals surface area contributed by atoms with Crippen molar-refractivity contribution in [3.8, 4) is 0 Å². The molecule has 0 aromatic heterocycles.